The third kappa shape index (κ3) is 3.29. The summed E-state index contributed by atoms with van der Waals surface area (Å²) in [5.74, 6) is -0.465. The molecule has 0 saturated carbocycles. The third-order valence-electron chi connectivity index (χ3n) is 4.58. The van der Waals surface area contributed by atoms with Gasteiger partial charge in [0.25, 0.3) is 5.56 Å². The lowest BCUT2D eigenvalue weighted by atomic mass is 10.4. The number of pyridine rings is 1. The minimum absolute atomic E-state index is 0.152. The van der Waals surface area contributed by atoms with Gasteiger partial charge >= 0.3 is 5.69 Å². The van der Waals surface area contributed by atoms with Crippen LogP contribution in [0.5, 0.6) is 0 Å². The van der Waals surface area contributed by atoms with Crippen molar-refractivity contribution in [2.75, 3.05) is 23.3 Å². The number of carbonyl (C=O) groups is 1. The van der Waals surface area contributed by atoms with Crippen molar-refractivity contribution >= 4 is 50.0 Å². The van der Waals surface area contributed by atoms with E-state index in [1.807, 2.05) is 0 Å². The first kappa shape index (κ1) is 18.6. The van der Waals surface area contributed by atoms with Crippen LogP contribution in [-0.4, -0.2) is 38.1 Å². The van der Waals surface area contributed by atoms with Crippen molar-refractivity contribution in [2.45, 2.75) is 19.4 Å². The average molecular weight is 421 g/mol. The maximum absolute atomic E-state index is 12.6. The van der Waals surface area contributed by atoms with Crippen molar-refractivity contribution < 1.29 is 4.79 Å². The molecule has 1 aliphatic rings. The molecule has 1 aliphatic heterocycles. The van der Waals surface area contributed by atoms with Gasteiger partial charge in [0.15, 0.2) is 15.9 Å². The van der Waals surface area contributed by atoms with E-state index in [1.54, 1.807) is 12.1 Å². The Labute approximate surface area is 168 Å². The highest BCUT2D eigenvalue weighted by atomic mass is 35.5. The van der Waals surface area contributed by atoms with E-state index < -0.39 is 17.2 Å². The Balaban J connectivity index is 1.73. The van der Waals surface area contributed by atoms with Gasteiger partial charge in [-0.15, -0.1) is 0 Å². The number of nitrogens with one attached hydrogen (secondary N) is 1. The second-order valence-electron chi connectivity index (χ2n) is 6.47. The number of nitrogens with zero attached hydrogens (tertiary/aromatic N) is 5. The number of rotatable bonds is 4. The zero-order chi connectivity index (χ0) is 19.8. The molecule has 4 heterocycles. The van der Waals surface area contributed by atoms with Gasteiger partial charge < -0.3 is 10.2 Å². The molecule has 1 fully saturated rings. The Morgan fingerprint density at radius 3 is 2.79 bits per heavy atom. The van der Waals surface area contributed by atoms with Gasteiger partial charge in [0, 0.05) is 26.3 Å². The summed E-state index contributed by atoms with van der Waals surface area (Å²) in [4.78, 5) is 48.2. The van der Waals surface area contributed by atoms with Crippen LogP contribution in [0.15, 0.2) is 27.9 Å². The number of aromatic nitrogens is 4. The van der Waals surface area contributed by atoms with Crippen LogP contribution < -0.4 is 21.5 Å². The Morgan fingerprint density at radius 1 is 1.32 bits per heavy atom. The molecule has 1 amide bonds. The number of amides is 1. The summed E-state index contributed by atoms with van der Waals surface area (Å²) in [6, 6.07) is 3.25. The summed E-state index contributed by atoms with van der Waals surface area (Å²) in [7, 11) is 1.39. The fraction of sp³-hybridized carbons (Fsp3) is 0.353. The number of hydrogen-bond acceptors (Lipinski definition) is 7. The first-order valence-corrected chi connectivity index (χ1v) is 9.91. The molecule has 0 aliphatic carbocycles. The molecule has 0 aromatic carbocycles. The monoisotopic (exact) mass is 420 g/mol. The van der Waals surface area contributed by atoms with Gasteiger partial charge in [-0.3, -0.25) is 18.7 Å². The van der Waals surface area contributed by atoms with Gasteiger partial charge in [0.05, 0.1) is 5.69 Å². The van der Waals surface area contributed by atoms with Gasteiger partial charge in [-0.2, -0.15) is 0 Å². The van der Waals surface area contributed by atoms with E-state index in [4.69, 9.17) is 11.6 Å². The number of hydrogen-bond donors (Lipinski definition) is 1. The van der Waals surface area contributed by atoms with Crippen molar-refractivity contribution in [1.82, 2.24) is 19.1 Å². The van der Waals surface area contributed by atoms with Gasteiger partial charge in [0.2, 0.25) is 5.91 Å². The van der Waals surface area contributed by atoms with Gasteiger partial charge in [-0.1, -0.05) is 22.9 Å². The first-order chi connectivity index (χ1) is 13.5. The third-order valence-corrected chi connectivity index (χ3v) is 5.98. The lowest BCUT2D eigenvalue weighted by Crippen LogP contribution is -2.39. The van der Waals surface area contributed by atoms with Gasteiger partial charge in [-0.25, -0.2) is 14.8 Å². The zero-order valence-corrected chi connectivity index (χ0v) is 16.6. The quantitative estimate of drug-likeness (QED) is 0.641. The van der Waals surface area contributed by atoms with Crippen LogP contribution >= 0.6 is 22.9 Å². The highest BCUT2D eigenvalue weighted by Crippen LogP contribution is 2.28. The average Bonchev–Trinajstić information content (AvgIpc) is 3.35. The van der Waals surface area contributed by atoms with Crippen LogP contribution in [0, 0.1) is 0 Å². The molecular formula is C17H17ClN6O3S. The first-order valence-electron chi connectivity index (χ1n) is 8.71. The molecule has 0 spiro atoms. The molecule has 9 nitrogen and oxygen atoms in total. The Kier molecular flexibility index (Phi) is 4.90. The highest BCUT2D eigenvalue weighted by molar-refractivity contribution is 7.22. The standard InChI is InChI=1S/C17H17ClN6O3S/c1-22-15(26)12-14(21-16(28-12)23-7-2-3-8-23)24(17(22)27)9-11(25)20-10-5-4-6-19-13(10)18/h4-6H,2-3,7-9H2,1H3,(H,20,25). The van der Waals surface area contributed by atoms with E-state index in [1.165, 1.54) is 29.1 Å². The number of fused-ring (bicyclic) bond motifs is 1. The van der Waals surface area contributed by atoms with Crippen molar-refractivity contribution in [3.05, 3.63) is 44.3 Å². The fourth-order valence-electron chi connectivity index (χ4n) is 3.13. The molecule has 11 heteroatoms. The number of thiazole rings is 1. The Bertz CT molecular complexity index is 1180. The largest absolute Gasteiger partial charge is 0.348 e. The molecule has 1 saturated heterocycles. The van der Waals surface area contributed by atoms with E-state index in [2.05, 4.69) is 20.2 Å². The van der Waals surface area contributed by atoms with Gasteiger partial charge in [0.1, 0.15) is 11.2 Å². The van der Waals surface area contributed by atoms with E-state index in [0.29, 0.717) is 15.5 Å². The summed E-state index contributed by atoms with van der Waals surface area (Å²) in [5.41, 5.74) is -0.426. The van der Waals surface area contributed by atoms with E-state index >= 15 is 0 Å². The lowest BCUT2D eigenvalue weighted by Gasteiger charge is -2.12. The molecule has 3 aromatic heterocycles. The van der Waals surface area contributed by atoms with Crippen molar-refractivity contribution in [2.24, 2.45) is 7.05 Å². The molecular weight excluding hydrogens is 404 g/mol. The maximum atomic E-state index is 12.6. The minimum Gasteiger partial charge on any atom is -0.348 e. The van der Waals surface area contributed by atoms with Crippen molar-refractivity contribution in [3.8, 4) is 0 Å². The predicted molar refractivity (Wildman–Crippen MR) is 108 cm³/mol. The summed E-state index contributed by atoms with van der Waals surface area (Å²) in [6.45, 7) is 1.44. The number of carbonyl (C=O) groups excluding carboxylic acids is 1. The van der Waals surface area contributed by atoms with E-state index in [9.17, 15) is 14.4 Å². The molecule has 28 heavy (non-hydrogen) atoms. The van der Waals surface area contributed by atoms with Crippen LogP contribution in [-0.2, 0) is 18.4 Å². The van der Waals surface area contributed by atoms with Crippen molar-refractivity contribution in [1.29, 1.82) is 0 Å². The smallest absolute Gasteiger partial charge is 0.332 e. The molecule has 146 valence electrons. The van der Waals surface area contributed by atoms with Crippen LogP contribution in [0.2, 0.25) is 5.15 Å². The molecule has 0 bridgehead atoms. The second kappa shape index (κ2) is 7.36. The summed E-state index contributed by atoms with van der Waals surface area (Å²) in [5, 5.41) is 3.48. The van der Waals surface area contributed by atoms with E-state index in [-0.39, 0.29) is 17.3 Å². The second-order valence-corrected chi connectivity index (χ2v) is 7.80. The molecule has 4 rings (SSSR count). The molecule has 1 N–H and O–H groups in total. The molecule has 3 aromatic rings. The summed E-state index contributed by atoms with van der Waals surface area (Å²) >= 11 is 7.21. The summed E-state index contributed by atoms with van der Waals surface area (Å²) < 4.78 is 2.57. The highest BCUT2D eigenvalue weighted by Gasteiger charge is 2.22. The number of halogens is 1. The summed E-state index contributed by atoms with van der Waals surface area (Å²) in [6.07, 6.45) is 3.64. The molecule has 0 radical (unpaired) electrons. The predicted octanol–water partition coefficient (Wildman–Crippen LogP) is 1.44. The maximum Gasteiger partial charge on any atom is 0.332 e. The molecule has 0 unspecified atom stereocenters. The topological polar surface area (TPSA) is 102 Å². The molecule has 0 atom stereocenters. The van der Waals surface area contributed by atoms with Crippen LogP contribution in [0.4, 0.5) is 10.8 Å². The van der Waals surface area contributed by atoms with Crippen LogP contribution in [0.25, 0.3) is 10.3 Å². The van der Waals surface area contributed by atoms with Crippen molar-refractivity contribution in [3.63, 3.8) is 0 Å². The van der Waals surface area contributed by atoms with Crippen LogP contribution in [0.3, 0.4) is 0 Å². The Morgan fingerprint density at radius 2 is 2.07 bits per heavy atom. The minimum atomic E-state index is -0.594. The SMILES string of the molecule is Cn1c(=O)c2sc(N3CCCC3)nc2n(CC(=O)Nc2cccnc2Cl)c1=O. The normalized spacial score (nSPS) is 14.0. The zero-order valence-electron chi connectivity index (χ0n) is 15.0. The van der Waals surface area contributed by atoms with E-state index in [0.717, 1.165) is 30.5 Å². The Hall–Kier alpha value is -2.72. The van der Waals surface area contributed by atoms with Crippen LogP contribution in [0.1, 0.15) is 12.8 Å². The fourth-order valence-corrected chi connectivity index (χ4v) is 4.40. The van der Waals surface area contributed by atoms with Gasteiger partial charge in [-0.05, 0) is 25.0 Å². The lowest BCUT2D eigenvalue weighted by molar-refractivity contribution is -0.116. The number of anilines is 2.